The molecule has 31 heavy (non-hydrogen) atoms. The summed E-state index contributed by atoms with van der Waals surface area (Å²) in [6.07, 6.45) is 2.10. The monoisotopic (exact) mass is 437 g/mol. The highest BCUT2D eigenvalue weighted by atomic mass is 32.2. The van der Waals surface area contributed by atoms with Gasteiger partial charge in [-0.3, -0.25) is 4.79 Å². The molecule has 0 saturated carbocycles. The van der Waals surface area contributed by atoms with E-state index in [2.05, 4.69) is 26.9 Å². The third-order valence-corrected chi connectivity index (χ3v) is 6.30. The normalized spacial score (nSPS) is 15.7. The van der Waals surface area contributed by atoms with E-state index >= 15 is 0 Å². The lowest BCUT2D eigenvalue weighted by Gasteiger charge is -2.16. The van der Waals surface area contributed by atoms with Gasteiger partial charge in [-0.05, 0) is 54.8 Å². The maximum atomic E-state index is 12.8. The molecule has 0 bridgehead atoms. The number of ether oxygens (including phenoxy) is 1. The number of tetrazole rings is 1. The molecule has 10 heteroatoms. The molecule has 2 aromatic heterocycles. The van der Waals surface area contributed by atoms with Gasteiger partial charge in [0.05, 0.1) is 29.7 Å². The summed E-state index contributed by atoms with van der Waals surface area (Å²) in [5.41, 5.74) is 3.14. The van der Waals surface area contributed by atoms with Crippen LogP contribution in [0.1, 0.15) is 29.7 Å². The van der Waals surface area contributed by atoms with Gasteiger partial charge in [0.15, 0.2) is 0 Å². The minimum atomic E-state index is -0.227. The van der Waals surface area contributed by atoms with E-state index in [0.29, 0.717) is 23.1 Å². The van der Waals surface area contributed by atoms with E-state index in [4.69, 9.17) is 4.74 Å². The topological polar surface area (TPSA) is 111 Å². The first-order valence-electron chi connectivity index (χ1n) is 10.1. The predicted octanol–water partition coefficient (Wildman–Crippen LogP) is 2.86. The Morgan fingerprint density at radius 3 is 2.87 bits per heavy atom. The minimum Gasteiger partial charge on any atom is -0.376 e. The molecule has 160 valence electrons. The smallest absolute Gasteiger partial charge is 0.235 e. The van der Waals surface area contributed by atoms with Crippen LogP contribution in [-0.2, 0) is 16.1 Å². The molecule has 3 heterocycles. The highest BCUT2D eigenvalue weighted by Crippen LogP contribution is 2.29. The van der Waals surface area contributed by atoms with Crippen molar-refractivity contribution >= 4 is 23.5 Å². The molecule has 0 spiro atoms. The Hall–Kier alpha value is -3.16. The van der Waals surface area contributed by atoms with E-state index in [1.807, 2.05) is 48.7 Å². The summed E-state index contributed by atoms with van der Waals surface area (Å²) in [6.45, 7) is 5.23. The van der Waals surface area contributed by atoms with Gasteiger partial charge in [0.1, 0.15) is 11.9 Å². The molecule has 3 aromatic rings. The van der Waals surface area contributed by atoms with Gasteiger partial charge in [-0.25, -0.2) is 0 Å². The molecule has 1 aliphatic heterocycles. The summed E-state index contributed by atoms with van der Waals surface area (Å²) in [7, 11) is 0. The van der Waals surface area contributed by atoms with Gasteiger partial charge in [0.2, 0.25) is 11.1 Å². The summed E-state index contributed by atoms with van der Waals surface area (Å²) < 4.78 is 9.34. The maximum absolute atomic E-state index is 12.8. The SMILES string of the molecule is Cc1c(C#N)c(NC(=O)CSc2nnnn2-c2ccccc2)n(C[C@H]2CCCO2)c1C. The molecule has 1 amide bonds. The van der Waals surface area contributed by atoms with Gasteiger partial charge in [-0.15, -0.1) is 5.10 Å². The van der Waals surface area contributed by atoms with Crippen molar-refractivity contribution in [3.8, 4) is 11.8 Å². The predicted molar refractivity (Wildman–Crippen MR) is 116 cm³/mol. The van der Waals surface area contributed by atoms with Gasteiger partial charge in [0, 0.05) is 12.3 Å². The summed E-state index contributed by atoms with van der Waals surface area (Å²) in [5, 5.41) is 24.9. The standard InChI is InChI=1S/C21H23N7O2S/c1-14-15(2)27(12-17-9-6-10-30-17)20(18(14)11-22)23-19(29)13-31-21-24-25-26-28(21)16-7-4-3-5-8-16/h3-5,7-8,17H,6,9-10,12-13H2,1-2H3,(H,23,29)/t17-/m1/s1. The molecule has 0 aliphatic carbocycles. The number of anilines is 1. The number of carbonyl (C=O) groups is 1. The lowest BCUT2D eigenvalue weighted by Crippen LogP contribution is -2.22. The van der Waals surface area contributed by atoms with Crippen LogP contribution in [0.15, 0.2) is 35.5 Å². The first-order chi connectivity index (χ1) is 15.1. The maximum Gasteiger partial charge on any atom is 0.235 e. The fraction of sp³-hybridized carbons (Fsp3) is 0.381. The van der Waals surface area contributed by atoms with E-state index in [1.165, 1.54) is 11.8 Å². The van der Waals surface area contributed by atoms with Crippen molar-refractivity contribution < 1.29 is 9.53 Å². The molecule has 4 rings (SSSR count). The second-order valence-corrected chi connectivity index (χ2v) is 8.28. The van der Waals surface area contributed by atoms with Crippen molar-refractivity contribution in [1.82, 2.24) is 24.8 Å². The lowest BCUT2D eigenvalue weighted by atomic mass is 10.2. The number of hydrogen-bond donors (Lipinski definition) is 1. The fourth-order valence-corrected chi connectivity index (χ4v) is 4.34. The summed E-state index contributed by atoms with van der Waals surface area (Å²) in [5.74, 6) is 0.415. The number of thioether (sulfide) groups is 1. The summed E-state index contributed by atoms with van der Waals surface area (Å²) in [6, 6.07) is 11.7. The summed E-state index contributed by atoms with van der Waals surface area (Å²) >= 11 is 1.24. The number of nitrogens with zero attached hydrogens (tertiary/aromatic N) is 6. The summed E-state index contributed by atoms with van der Waals surface area (Å²) in [4.78, 5) is 12.8. The zero-order valence-corrected chi connectivity index (χ0v) is 18.2. The van der Waals surface area contributed by atoms with Crippen LogP contribution in [0, 0.1) is 25.2 Å². The number of para-hydroxylation sites is 1. The van der Waals surface area contributed by atoms with Crippen molar-refractivity contribution in [2.75, 3.05) is 17.7 Å². The van der Waals surface area contributed by atoms with E-state index < -0.39 is 0 Å². The second kappa shape index (κ2) is 9.32. The molecule has 1 aliphatic rings. The van der Waals surface area contributed by atoms with Gasteiger partial charge >= 0.3 is 0 Å². The van der Waals surface area contributed by atoms with Crippen LogP contribution >= 0.6 is 11.8 Å². The van der Waals surface area contributed by atoms with Crippen molar-refractivity contribution in [1.29, 1.82) is 5.26 Å². The first kappa shape index (κ1) is 21.1. The molecule has 1 fully saturated rings. The Morgan fingerprint density at radius 1 is 1.35 bits per heavy atom. The Bertz CT molecular complexity index is 1110. The zero-order valence-electron chi connectivity index (χ0n) is 17.4. The van der Waals surface area contributed by atoms with Crippen LogP contribution in [0.25, 0.3) is 5.69 Å². The van der Waals surface area contributed by atoms with E-state index in [-0.39, 0.29) is 17.8 Å². The van der Waals surface area contributed by atoms with Crippen molar-refractivity contribution in [2.45, 2.75) is 44.5 Å². The molecule has 1 atom stereocenters. The van der Waals surface area contributed by atoms with E-state index in [0.717, 1.165) is 36.4 Å². The average Bonchev–Trinajstić information content (AvgIpc) is 3.51. The van der Waals surface area contributed by atoms with Crippen LogP contribution in [0.2, 0.25) is 0 Å². The average molecular weight is 438 g/mol. The van der Waals surface area contributed by atoms with Crippen molar-refractivity contribution in [3.63, 3.8) is 0 Å². The molecular formula is C21H23N7O2S. The van der Waals surface area contributed by atoms with Crippen LogP contribution in [0.4, 0.5) is 5.82 Å². The largest absolute Gasteiger partial charge is 0.376 e. The quantitative estimate of drug-likeness (QED) is 0.566. The van der Waals surface area contributed by atoms with E-state index in [1.54, 1.807) is 4.68 Å². The number of nitrogens with one attached hydrogen (secondary N) is 1. The number of nitriles is 1. The number of amides is 1. The molecule has 1 saturated heterocycles. The van der Waals surface area contributed by atoms with Crippen molar-refractivity contribution in [2.24, 2.45) is 0 Å². The molecule has 9 nitrogen and oxygen atoms in total. The molecule has 1 aromatic carbocycles. The minimum absolute atomic E-state index is 0.0950. The van der Waals surface area contributed by atoms with E-state index in [9.17, 15) is 10.1 Å². The molecular weight excluding hydrogens is 414 g/mol. The number of carbonyl (C=O) groups excluding carboxylic acids is 1. The molecule has 0 unspecified atom stereocenters. The Balaban J connectivity index is 1.49. The molecule has 1 N–H and O–H groups in total. The number of hydrogen-bond acceptors (Lipinski definition) is 7. The highest BCUT2D eigenvalue weighted by molar-refractivity contribution is 7.99. The lowest BCUT2D eigenvalue weighted by molar-refractivity contribution is -0.113. The van der Waals surface area contributed by atoms with Gasteiger partial charge in [-0.1, -0.05) is 30.0 Å². The Labute approximate surface area is 184 Å². The van der Waals surface area contributed by atoms with Gasteiger partial charge < -0.3 is 14.6 Å². The first-order valence-corrected chi connectivity index (χ1v) is 11.0. The number of rotatable bonds is 7. The van der Waals surface area contributed by atoms with Crippen LogP contribution in [0.3, 0.4) is 0 Å². The van der Waals surface area contributed by atoms with Gasteiger partial charge in [-0.2, -0.15) is 9.94 Å². The Morgan fingerprint density at radius 2 is 2.16 bits per heavy atom. The van der Waals surface area contributed by atoms with Crippen LogP contribution in [-0.4, -0.2) is 49.1 Å². The van der Waals surface area contributed by atoms with Crippen molar-refractivity contribution in [3.05, 3.63) is 47.2 Å². The highest BCUT2D eigenvalue weighted by Gasteiger charge is 2.24. The number of benzene rings is 1. The Kier molecular flexibility index (Phi) is 6.34. The molecule has 0 radical (unpaired) electrons. The zero-order chi connectivity index (χ0) is 21.8. The number of aromatic nitrogens is 5. The third kappa shape index (κ3) is 4.47. The van der Waals surface area contributed by atoms with Crippen LogP contribution < -0.4 is 5.32 Å². The fourth-order valence-electron chi connectivity index (χ4n) is 3.65. The second-order valence-electron chi connectivity index (χ2n) is 7.34. The van der Waals surface area contributed by atoms with Gasteiger partial charge in [0.25, 0.3) is 0 Å². The van der Waals surface area contributed by atoms with Crippen LogP contribution in [0.5, 0.6) is 0 Å². The third-order valence-electron chi connectivity index (χ3n) is 5.38.